The molecule has 102 valence electrons. The number of hydrogen-bond acceptors (Lipinski definition) is 2. The molecule has 0 spiro atoms. The van der Waals surface area contributed by atoms with Crippen molar-refractivity contribution in [2.75, 3.05) is 20.6 Å². The van der Waals surface area contributed by atoms with Gasteiger partial charge in [-0.3, -0.25) is 4.48 Å². The zero-order chi connectivity index (χ0) is 12.9. The van der Waals surface area contributed by atoms with E-state index in [2.05, 4.69) is 46.1 Å². The Kier molecular flexibility index (Phi) is 6.66. The third-order valence-corrected chi connectivity index (χ3v) is 2.68. The van der Waals surface area contributed by atoms with Gasteiger partial charge in [-0.05, 0) is 19.1 Å². The molecule has 0 fully saturated rings. The van der Waals surface area contributed by atoms with E-state index in [9.17, 15) is 0 Å². The molecule has 0 aliphatic rings. The molecule has 3 heteroatoms. The average Bonchev–Trinajstić information content (AvgIpc) is 2.25. The molecule has 0 aromatic heterocycles. The maximum Gasteiger partial charge on any atom is 0.136 e. The van der Waals surface area contributed by atoms with Crippen molar-refractivity contribution in [3.8, 4) is 5.75 Å². The Morgan fingerprint density at radius 2 is 1.94 bits per heavy atom. The molecule has 0 saturated heterocycles. The zero-order valence-corrected chi connectivity index (χ0v) is 12.1. The van der Waals surface area contributed by atoms with Gasteiger partial charge < -0.3 is 10.2 Å². The lowest BCUT2D eigenvalue weighted by molar-refractivity contribution is 0.346. The minimum absolute atomic E-state index is 0. The molecule has 0 saturated carbocycles. The first kappa shape index (κ1) is 16.7. The summed E-state index contributed by atoms with van der Waals surface area (Å²) < 4.78 is 6.39. The molecule has 0 atom stereocenters. The number of hydrogen-bond donors (Lipinski definition) is 0. The Morgan fingerprint density at radius 3 is 2.50 bits per heavy atom. The second kappa shape index (κ2) is 7.19. The molecule has 0 heterocycles. The number of rotatable bonds is 5. The van der Waals surface area contributed by atoms with Crippen LogP contribution < -0.4 is 9.22 Å². The molecule has 1 N–H and O–H groups in total. The first-order valence-electron chi connectivity index (χ1n) is 6.17. The Balaban J connectivity index is 0.00000289. The minimum Gasteiger partial charge on any atom is -0.870 e. The van der Waals surface area contributed by atoms with Crippen LogP contribution >= 0.6 is 0 Å². The third kappa shape index (κ3) is 4.90. The second-order valence-electron chi connectivity index (χ2n) is 5.35. The van der Waals surface area contributed by atoms with Crippen molar-refractivity contribution in [2.24, 2.45) is 5.92 Å². The van der Waals surface area contributed by atoms with Crippen molar-refractivity contribution < 1.29 is 10.2 Å². The van der Waals surface area contributed by atoms with Crippen LogP contribution in [0.5, 0.6) is 5.75 Å². The summed E-state index contributed by atoms with van der Waals surface area (Å²) >= 11 is 0. The van der Waals surface area contributed by atoms with Gasteiger partial charge in [-0.25, -0.2) is 0 Å². The predicted molar refractivity (Wildman–Crippen MR) is 77.2 cm³/mol. The first-order valence-corrected chi connectivity index (χ1v) is 6.17. The van der Waals surface area contributed by atoms with E-state index in [0.717, 1.165) is 16.8 Å². The van der Waals surface area contributed by atoms with Crippen LogP contribution in [-0.4, -0.2) is 26.1 Å². The molecule has 0 aliphatic carbocycles. The highest BCUT2D eigenvalue weighted by atomic mass is 16.5. The Morgan fingerprint density at radius 1 is 1.28 bits per heavy atom. The van der Waals surface area contributed by atoms with Gasteiger partial charge >= 0.3 is 0 Å². The highest BCUT2D eigenvalue weighted by Crippen LogP contribution is 2.25. The maximum atomic E-state index is 5.51. The van der Waals surface area contributed by atoms with Gasteiger partial charge in [0.2, 0.25) is 0 Å². The molecule has 18 heavy (non-hydrogen) atoms. The van der Waals surface area contributed by atoms with E-state index in [4.69, 9.17) is 4.74 Å². The fourth-order valence-corrected chi connectivity index (χ4v) is 2.10. The van der Waals surface area contributed by atoms with Crippen LogP contribution in [0.15, 0.2) is 36.6 Å². The number of quaternary nitrogens is 1. The Bertz CT molecular complexity index is 384. The van der Waals surface area contributed by atoms with E-state index >= 15 is 0 Å². The average molecular weight is 251 g/mol. The van der Waals surface area contributed by atoms with Gasteiger partial charge in [-0.1, -0.05) is 26.0 Å². The van der Waals surface area contributed by atoms with Crippen LogP contribution in [0.4, 0.5) is 5.69 Å². The van der Waals surface area contributed by atoms with Crippen molar-refractivity contribution in [3.63, 3.8) is 0 Å². The van der Waals surface area contributed by atoms with Crippen molar-refractivity contribution >= 4 is 5.69 Å². The topological polar surface area (TPSA) is 39.2 Å². The summed E-state index contributed by atoms with van der Waals surface area (Å²) in [6.07, 6.45) is 3.60. The standard InChI is InChI=1S/C15H24NO.H2O/c1-6-10-17-15-9-7-8-14(11-15)16(4,5)12-13(2)3;/h6-11,13H,12H2,1-5H3;1H2/q+1;/p-1. The maximum absolute atomic E-state index is 5.51. The van der Waals surface area contributed by atoms with Crippen molar-refractivity contribution in [2.45, 2.75) is 20.8 Å². The second-order valence-corrected chi connectivity index (χ2v) is 5.35. The summed E-state index contributed by atoms with van der Waals surface area (Å²) in [6.45, 7) is 7.57. The lowest BCUT2D eigenvalue weighted by Gasteiger charge is -2.31. The fraction of sp³-hybridized carbons (Fsp3) is 0.467. The number of nitrogens with zero attached hydrogens (tertiary/aromatic N) is 1. The molecule has 3 nitrogen and oxygen atoms in total. The van der Waals surface area contributed by atoms with Gasteiger partial charge in [-0.2, -0.15) is 0 Å². The highest BCUT2D eigenvalue weighted by molar-refractivity contribution is 5.47. The zero-order valence-electron chi connectivity index (χ0n) is 12.1. The van der Waals surface area contributed by atoms with Crippen LogP contribution in [0.25, 0.3) is 0 Å². The number of ether oxygens (including phenoxy) is 1. The van der Waals surface area contributed by atoms with Crippen molar-refractivity contribution in [3.05, 3.63) is 36.6 Å². The number of allylic oxidation sites excluding steroid dienone is 1. The molecule has 0 amide bonds. The molecular formula is C15H25NO2. The van der Waals surface area contributed by atoms with E-state index in [1.54, 1.807) is 6.26 Å². The van der Waals surface area contributed by atoms with Gasteiger partial charge in [0, 0.05) is 12.0 Å². The van der Waals surface area contributed by atoms with Crippen LogP contribution in [0, 0.1) is 5.92 Å². The largest absolute Gasteiger partial charge is 0.870 e. The normalized spacial score (nSPS) is 11.7. The molecule has 1 aromatic carbocycles. The van der Waals surface area contributed by atoms with Gasteiger partial charge in [0.15, 0.2) is 0 Å². The quantitative estimate of drug-likeness (QED) is 0.592. The summed E-state index contributed by atoms with van der Waals surface area (Å²) in [5, 5.41) is 0. The van der Waals surface area contributed by atoms with E-state index in [-0.39, 0.29) is 5.48 Å². The number of benzene rings is 1. The van der Waals surface area contributed by atoms with E-state index in [0.29, 0.717) is 5.92 Å². The smallest absolute Gasteiger partial charge is 0.136 e. The SMILES string of the molecule is CC=COc1cccc([N+](C)(C)CC(C)C)c1.[OH-]. The first-order chi connectivity index (χ1) is 7.95. The molecular weight excluding hydrogens is 226 g/mol. The minimum atomic E-state index is 0. The summed E-state index contributed by atoms with van der Waals surface area (Å²) in [5.74, 6) is 1.57. The van der Waals surface area contributed by atoms with Gasteiger partial charge in [0.1, 0.15) is 11.4 Å². The Labute approximate surface area is 111 Å². The summed E-state index contributed by atoms with van der Waals surface area (Å²) in [5.41, 5.74) is 1.28. The van der Waals surface area contributed by atoms with Gasteiger partial charge in [0.05, 0.1) is 26.9 Å². The molecule has 0 bridgehead atoms. The molecule has 1 aromatic rings. The van der Waals surface area contributed by atoms with E-state index in [1.165, 1.54) is 5.69 Å². The Hall–Kier alpha value is -1.32. The van der Waals surface area contributed by atoms with Crippen LogP contribution in [0.2, 0.25) is 0 Å². The van der Waals surface area contributed by atoms with E-state index in [1.807, 2.05) is 19.1 Å². The summed E-state index contributed by atoms with van der Waals surface area (Å²) in [7, 11) is 4.46. The molecule has 0 radical (unpaired) electrons. The third-order valence-electron chi connectivity index (χ3n) is 2.68. The molecule has 0 aliphatic heterocycles. The molecule has 1 rings (SSSR count). The lowest BCUT2D eigenvalue weighted by Crippen LogP contribution is -2.43. The van der Waals surface area contributed by atoms with Crippen LogP contribution in [0.1, 0.15) is 20.8 Å². The van der Waals surface area contributed by atoms with Crippen molar-refractivity contribution in [1.82, 2.24) is 4.48 Å². The summed E-state index contributed by atoms with van der Waals surface area (Å²) in [4.78, 5) is 0. The van der Waals surface area contributed by atoms with E-state index < -0.39 is 0 Å². The van der Waals surface area contributed by atoms with Gasteiger partial charge in [0.25, 0.3) is 0 Å². The van der Waals surface area contributed by atoms with Crippen molar-refractivity contribution in [1.29, 1.82) is 0 Å². The predicted octanol–water partition coefficient (Wildman–Crippen LogP) is 3.65. The lowest BCUT2D eigenvalue weighted by atomic mass is 10.1. The fourth-order valence-electron chi connectivity index (χ4n) is 2.10. The summed E-state index contributed by atoms with van der Waals surface area (Å²) in [6, 6.07) is 8.31. The van der Waals surface area contributed by atoms with Gasteiger partial charge in [-0.15, -0.1) is 0 Å². The monoisotopic (exact) mass is 251 g/mol. The van der Waals surface area contributed by atoms with Crippen LogP contribution in [0.3, 0.4) is 0 Å². The van der Waals surface area contributed by atoms with Crippen LogP contribution in [-0.2, 0) is 0 Å². The highest BCUT2D eigenvalue weighted by Gasteiger charge is 2.20. The molecule has 0 unspecified atom stereocenters.